The fourth-order valence-electron chi connectivity index (χ4n) is 2.81. The molecule has 0 amide bonds. The van der Waals surface area contributed by atoms with Crippen LogP contribution in [0.25, 0.3) is 11.3 Å². The second-order valence-electron chi connectivity index (χ2n) is 6.48. The highest BCUT2D eigenvalue weighted by Crippen LogP contribution is 2.22. The highest BCUT2D eigenvalue weighted by molar-refractivity contribution is 5.59. The Morgan fingerprint density at radius 3 is 2.53 bits per heavy atom. The van der Waals surface area contributed by atoms with Gasteiger partial charge in [0.15, 0.2) is 5.76 Å². The normalized spacial score (nSPS) is 11.1. The number of rotatable bonds is 4. The second-order valence-corrected chi connectivity index (χ2v) is 6.48. The minimum Gasteiger partial charge on any atom is -0.385 e. The quantitative estimate of drug-likeness (QED) is 0.535. The molecule has 146 valence electrons. The first-order valence-corrected chi connectivity index (χ1v) is 9.21. The summed E-state index contributed by atoms with van der Waals surface area (Å²) in [6, 6.07) is 9.52. The van der Waals surface area contributed by atoms with Gasteiger partial charge in [-0.05, 0) is 49.0 Å². The Bertz CT molecular complexity index is 1250. The van der Waals surface area contributed by atoms with Crippen LogP contribution in [0.4, 0.5) is 0 Å². The highest BCUT2D eigenvalue weighted by atomic mass is 16.5. The van der Waals surface area contributed by atoms with Gasteiger partial charge in [-0.2, -0.15) is 0 Å². The molecule has 0 aliphatic carbocycles. The zero-order chi connectivity index (χ0) is 20.8. The van der Waals surface area contributed by atoms with E-state index in [0.29, 0.717) is 18.1 Å². The van der Waals surface area contributed by atoms with E-state index in [1.165, 1.54) is 6.33 Å². The van der Waals surface area contributed by atoms with Gasteiger partial charge in [-0.3, -0.25) is 0 Å². The molecule has 1 aromatic carbocycles. The number of hydrogen-bond acceptors (Lipinski definition) is 6. The van der Waals surface area contributed by atoms with E-state index in [0.717, 1.165) is 22.4 Å². The average molecular weight is 395 g/mol. The van der Waals surface area contributed by atoms with E-state index < -0.39 is 6.10 Å². The lowest BCUT2D eigenvalue weighted by molar-refractivity contribution is 0.184. The molecule has 1 atom stereocenters. The van der Waals surface area contributed by atoms with Crippen molar-refractivity contribution in [2.24, 2.45) is 0 Å². The van der Waals surface area contributed by atoms with Gasteiger partial charge in [0.05, 0.1) is 12.1 Å². The predicted molar refractivity (Wildman–Crippen MR) is 110 cm³/mol. The maximum absolute atomic E-state index is 9.76. The van der Waals surface area contributed by atoms with Gasteiger partial charge in [0.1, 0.15) is 23.9 Å². The van der Waals surface area contributed by atoms with Crippen LogP contribution in [0.1, 0.15) is 35.7 Å². The Morgan fingerprint density at radius 2 is 1.80 bits per heavy atom. The third-order valence-electron chi connectivity index (χ3n) is 4.22. The fraction of sp³-hybridized carbons (Fsp3) is 0.130. The molecule has 0 unspecified atom stereocenters. The molecule has 0 saturated heterocycles. The Hall–Kier alpha value is -4.20. The third kappa shape index (κ3) is 4.61. The molecular formula is C23H17N5O2. The van der Waals surface area contributed by atoms with Crippen LogP contribution < -0.4 is 0 Å². The van der Waals surface area contributed by atoms with E-state index in [1.807, 2.05) is 34.9 Å². The molecule has 0 fully saturated rings. The largest absolute Gasteiger partial charge is 0.385 e. The molecule has 0 aliphatic rings. The van der Waals surface area contributed by atoms with Crippen molar-refractivity contribution in [1.29, 1.82) is 0 Å². The first kappa shape index (κ1) is 19.1. The second kappa shape index (κ2) is 8.87. The lowest BCUT2D eigenvalue weighted by Crippen LogP contribution is -2.07. The van der Waals surface area contributed by atoms with Crippen molar-refractivity contribution in [2.75, 3.05) is 0 Å². The fourth-order valence-corrected chi connectivity index (χ4v) is 2.81. The third-order valence-corrected chi connectivity index (χ3v) is 4.22. The zero-order valence-corrected chi connectivity index (χ0v) is 16.1. The van der Waals surface area contributed by atoms with E-state index >= 15 is 0 Å². The van der Waals surface area contributed by atoms with Gasteiger partial charge >= 0.3 is 0 Å². The molecule has 3 aromatic heterocycles. The van der Waals surface area contributed by atoms with Gasteiger partial charge in [-0.15, -0.1) is 0 Å². The van der Waals surface area contributed by atoms with Gasteiger partial charge in [0.25, 0.3) is 0 Å². The number of aliphatic hydroxyl groups excluding tert-OH is 1. The predicted octanol–water partition coefficient (Wildman–Crippen LogP) is 2.83. The Labute approximate surface area is 173 Å². The molecule has 1 N–H and O–H groups in total. The van der Waals surface area contributed by atoms with Crippen LogP contribution in [0.15, 0.2) is 66.0 Å². The summed E-state index contributed by atoms with van der Waals surface area (Å²) in [7, 11) is 0. The number of hydrogen-bond donors (Lipinski definition) is 1. The SMILES string of the molecule is C[C@H](O)c1nccn1Cc1cc(-c2ccc(C#CC#Cc3cncnc3)cc2)on1. The topological polar surface area (TPSA) is 89.9 Å². The van der Waals surface area contributed by atoms with Crippen molar-refractivity contribution in [3.63, 3.8) is 0 Å². The van der Waals surface area contributed by atoms with Crippen LogP contribution in [0.5, 0.6) is 0 Å². The van der Waals surface area contributed by atoms with Crippen molar-refractivity contribution in [2.45, 2.75) is 19.6 Å². The van der Waals surface area contributed by atoms with Crippen molar-refractivity contribution in [3.05, 3.63) is 84.1 Å². The molecule has 0 radical (unpaired) electrons. The van der Waals surface area contributed by atoms with E-state index in [9.17, 15) is 5.11 Å². The standard InChI is InChI=1S/C23H17N5O2/c1-17(29)23-26-10-11-28(23)15-21-12-22(30-27-21)20-8-6-18(7-9-20)4-2-3-5-19-13-24-16-25-14-19/h6-14,16-17,29H,15H2,1H3/t17-/m0/s1. The van der Waals surface area contributed by atoms with Crippen LogP contribution in [0.2, 0.25) is 0 Å². The summed E-state index contributed by atoms with van der Waals surface area (Å²) in [6.45, 7) is 2.15. The van der Waals surface area contributed by atoms with E-state index in [4.69, 9.17) is 4.52 Å². The van der Waals surface area contributed by atoms with Gasteiger partial charge in [-0.1, -0.05) is 11.1 Å². The van der Waals surface area contributed by atoms with Gasteiger partial charge < -0.3 is 14.2 Å². The van der Waals surface area contributed by atoms with Crippen LogP contribution in [-0.4, -0.2) is 29.8 Å². The monoisotopic (exact) mass is 395 g/mol. The molecule has 7 heteroatoms. The average Bonchev–Trinajstić information content (AvgIpc) is 3.43. The van der Waals surface area contributed by atoms with Crippen molar-refractivity contribution in [1.82, 2.24) is 24.7 Å². The molecule has 30 heavy (non-hydrogen) atoms. The number of aliphatic hydroxyl groups is 1. The van der Waals surface area contributed by atoms with Gasteiger partial charge in [-0.25, -0.2) is 15.0 Å². The minimum absolute atomic E-state index is 0.471. The molecule has 4 aromatic rings. The van der Waals surface area contributed by atoms with E-state index in [-0.39, 0.29) is 0 Å². The number of aromatic nitrogens is 5. The molecule has 0 aliphatic heterocycles. The first-order valence-electron chi connectivity index (χ1n) is 9.21. The Balaban J connectivity index is 1.43. The molecule has 0 bridgehead atoms. The maximum Gasteiger partial charge on any atom is 0.167 e. The molecule has 4 rings (SSSR count). The molecular weight excluding hydrogens is 378 g/mol. The zero-order valence-electron chi connectivity index (χ0n) is 16.1. The summed E-state index contributed by atoms with van der Waals surface area (Å²) in [6.07, 6.45) is 7.55. The van der Waals surface area contributed by atoms with Crippen LogP contribution in [0.3, 0.4) is 0 Å². The van der Waals surface area contributed by atoms with Crippen LogP contribution in [0, 0.1) is 23.7 Å². The summed E-state index contributed by atoms with van der Waals surface area (Å²) >= 11 is 0. The summed E-state index contributed by atoms with van der Waals surface area (Å²) in [5, 5.41) is 13.9. The lowest BCUT2D eigenvalue weighted by Gasteiger charge is -2.07. The maximum atomic E-state index is 9.76. The van der Waals surface area contributed by atoms with Crippen molar-refractivity contribution in [3.8, 4) is 35.0 Å². The van der Waals surface area contributed by atoms with Gasteiger partial charge in [0.2, 0.25) is 0 Å². The van der Waals surface area contributed by atoms with E-state index in [1.54, 1.807) is 31.7 Å². The Kier molecular flexibility index (Phi) is 5.66. The van der Waals surface area contributed by atoms with Gasteiger partial charge in [0, 0.05) is 42.0 Å². The summed E-state index contributed by atoms with van der Waals surface area (Å²) in [5.74, 6) is 12.7. The molecule has 0 spiro atoms. The Morgan fingerprint density at radius 1 is 1.07 bits per heavy atom. The van der Waals surface area contributed by atoms with Crippen molar-refractivity contribution >= 4 is 0 Å². The summed E-state index contributed by atoms with van der Waals surface area (Å²) < 4.78 is 7.31. The smallest absolute Gasteiger partial charge is 0.167 e. The first-order chi connectivity index (χ1) is 14.7. The number of benzene rings is 1. The lowest BCUT2D eigenvalue weighted by atomic mass is 10.1. The van der Waals surface area contributed by atoms with Crippen LogP contribution in [-0.2, 0) is 6.54 Å². The van der Waals surface area contributed by atoms with E-state index in [2.05, 4.69) is 43.8 Å². The number of imidazole rings is 1. The number of nitrogens with zero attached hydrogens (tertiary/aromatic N) is 5. The molecule has 0 saturated carbocycles. The highest BCUT2D eigenvalue weighted by Gasteiger charge is 2.12. The molecule has 7 nitrogen and oxygen atoms in total. The van der Waals surface area contributed by atoms with Crippen molar-refractivity contribution < 1.29 is 9.63 Å². The minimum atomic E-state index is -0.647. The summed E-state index contributed by atoms with van der Waals surface area (Å²) in [5.41, 5.74) is 3.21. The molecule has 3 heterocycles. The van der Waals surface area contributed by atoms with Crippen LogP contribution >= 0.6 is 0 Å². The summed E-state index contributed by atoms with van der Waals surface area (Å²) in [4.78, 5) is 12.0.